The first-order chi connectivity index (χ1) is 9.21. The third-order valence-electron chi connectivity index (χ3n) is 3.13. The largest absolute Gasteiger partial charge is 0.308 e. The topological polar surface area (TPSA) is 58.4 Å². The fraction of sp³-hybridized carbons (Fsp3) is 0.615. The van der Waals surface area contributed by atoms with Gasteiger partial charge in [-0.15, -0.1) is 6.58 Å². The molecule has 114 valence electrons. The summed E-state index contributed by atoms with van der Waals surface area (Å²) >= 11 is 0. The van der Waals surface area contributed by atoms with Crippen molar-refractivity contribution in [2.75, 3.05) is 34.2 Å². The lowest BCUT2D eigenvalue weighted by molar-refractivity contribution is 0.370. The van der Waals surface area contributed by atoms with Gasteiger partial charge in [0.05, 0.1) is 17.9 Å². The van der Waals surface area contributed by atoms with Crippen LogP contribution in [-0.2, 0) is 16.6 Å². The van der Waals surface area contributed by atoms with Gasteiger partial charge in [0.15, 0.2) is 0 Å². The van der Waals surface area contributed by atoms with Gasteiger partial charge in [-0.25, -0.2) is 8.42 Å². The number of likely N-dealkylation sites (N-methyl/N-ethyl adjacent to an activating group) is 2. The van der Waals surface area contributed by atoms with Gasteiger partial charge in [0.1, 0.15) is 4.90 Å². The number of aryl methyl sites for hydroxylation is 1. The quantitative estimate of drug-likeness (QED) is 0.701. The average molecular weight is 300 g/mol. The van der Waals surface area contributed by atoms with E-state index in [1.165, 1.54) is 4.31 Å². The molecule has 0 unspecified atom stereocenters. The molecule has 0 saturated carbocycles. The molecule has 1 heterocycles. The summed E-state index contributed by atoms with van der Waals surface area (Å²) < 4.78 is 28.1. The third kappa shape index (κ3) is 3.47. The van der Waals surface area contributed by atoms with Gasteiger partial charge in [-0.1, -0.05) is 6.08 Å². The Kier molecular flexibility index (Phi) is 5.50. The molecule has 0 atom stereocenters. The Bertz CT molecular complexity index is 575. The van der Waals surface area contributed by atoms with Crippen LogP contribution in [0.4, 0.5) is 0 Å². The highest BCUT2D eigenvalue weighted by Gasteiger charge is 2.27. The summed E-state index contributed by atoms with van der Waals surface area (Å²) in [6.45, 7) is 8.86. The van der Waals surface area contributed by atoms with Crippen molar-refractivity contribution >= 4 is 10.0 Å². The van der Waals surface area contributed by atoms with Crippen LogP contribution < -0.4 is 0 Å². The Hall–Kier alpha value is -1.18. The second-order valence-electron chi connectivity index (χ2n) is 5.10. The molecule has 6 nitrogen and oxygen atoms in total. The van der Waals surface area contributed by atoms with Crippen LogP contribution in [0.25, 0.3) is 0 Å². The minimum Gasteiger partial charge on any atom is -0.308 e. The first-order valence-corrected chi connectivity index (χ1v) is 7.91. The molecule has 0 aromatic carbocycles. The molecular weight excluding hydrogens is 276 g/mol. The highest BCUT2D eigenvalue weighted by Crippen LogP contribution is 2.22. The Morgan fingerprint density at radius 2 is 1.90 bits per heavy atom. The molecular formula is C13H24N4O2S. The maximum atomic E-state index is 12.5. The van der Waals surface area contributed by atoms with E-state index in [2.05, 4.69) is 11.7 Å². The smallest absolute Gasteiger partial charge is 0.246 e. The molecule has 0 fully saturated rings. The van der Waals surface area contributed by atoms with Crippen LogP contribution in [0.2, 0.25) is 0 Å². The number of hydrogen-bond donors (Lipinski definition) is 0. The van der Waals surface area contributed by atoms with Gasteiger partial charge in [-0.2, -0.15) is 9.40 Å². The summed E-state index contributed by atoms with van der Waals surface area (Å²) in [5.74, 6) is 0. The maximum Gasteiger partial charge on any atom is 0.246 e. The molecule has 0 spiro atoms. The van der Waals surface area contributed by atoms with Gasteiger partial charge in [0, 0.05) is 20.1 Å². The Morgan fingerprint density at radius 1 is 1.30 bits per heavy atom. The fourth-order valence-electron chi connectivity index (χ4n) is 2.00. The zero-order valence-corrected chi connectivity index (χ0v) is 13.7. The van der Waals surface area contributed by atoms with Crippen LogP contribution in [0.5, 0.6) is 0 Å². The highest BCUT2D eigenvalue weighted by molar-refractivity contribution is 7.89. The summed E-state index contributed by atoms with van der Waals surface area (Å²) in [5, 5.41) is 4.35. The van der Waals surface area contributed by atoms with E-state index < -0.39 is 10.0 Å². The van der Waals surface area contributed by atoms with Crippen molar-refractivity contribution in [1.29, 1.82) is 0 Å². The zero-order chi connectivity index (χ0) is 15.5. The van der Waals surface area contributed by atoms with Crippen LogP contribution in [-0.4, -0.2) is 61.6 Å². The summed E-state index contributed by atoms with van der Waals surface area (Å²) in [6.07, 6.45) is 1.57. The van der Waals surface area contributed by atoms with E-state index in [-0.39, 0.29) is 6.54 Å². The van der Waals surface area contributed by atoms with Gasteiger partial charge in [-0.05, 0) is 27.9 Å². The minimum absolute atomic E-state index is 0.282. The van der Waals surface area contributed by atoms with Crippen molar-refractivity contribution in [3.05, 3.63) is 24.0 Å². The molecule has 7 heteroatoms. The van der Waals surface area contributed by atoms with Gasteiger partial charge >= 0.3 is 0 Å². The highest BCUT2D eigenvalue weighted by atomic mass is 32.2. The van der Waals surface area contributed by atoms with Gasteiger partial charge in [0.2, 0.25) is 10.0 Å². The van der Waals surface area contributed by atoms with Gasteiger partial charge in [0.25, 0.3) is 0 Å². The molecule has 0 bridgehead atoms. The Morgan fingerprint density at radius 3 is 2.40 bits per heavy atom. The van der Waals surface area contributed by atoms with E-state index in [4.69, 9.17) is 0 Å². The van der Waals surface area contributed by atoms with Crippen molar-refractivity contribution < 1.29 is 8.42 Å². The van der Waals surface area contributed by atoms with Gasteiger partial charge < -0.3 is 4.90 Å². The van der Waals surface area contributed by atoms with Crippen LogP contribution >= 0.6 is 0 Å². The standard InChI is InChI=1S/C13H24N4O2S/c1-7-8-16(6)20(18,19)13-11(2)14-17(12(13)3)10-9-15(4)5/h7H,1,8-10H2,2-6H3. The molecule has 0 aliphatic rings. The lowest BCUT2D eigenvalue weighted by atomic mass is 10.4. The first kappa shape index (κ1) is 16.9. The molecule has 0 amide bonds. The lowest BCUT2D eigenvalue weighted by Gasteiger charge is -2.15. The van der Waals surface area contributed by atoms with Crippen molar-refractivity contribution in [3.63, 3.8) is 0 Å². The number of aromatic nitrogens is 2. The lowest BCUT2D eigenvalue weighted by Crippen LogP contribution is -2.28. The summed E-state index contributed by atoms with van der Waals surface area (Å²) in [5.41, 5.74) is 1.22. The zero-order valence-electron chi connectivity index (χ0n) is 12.9. The van der Waals surface area contributed by atoms with Gasteiger partial charge in [-0.3, -0.25) is 4.68 Å². The van der Waals surface area contributed by atoms with Crippen molar-refractivity contribution in [2.24, 2.45) is 0 Å². The second kappa shape index (κ2) is 6.51. The number of nitrogens with zero attached hydrogens (tertiary/aromatic N) is 4. The molecule has 0 saturated heterocycles. The van der Waals surface area contributed by atoms with Crippen LogP contribution in [0, 0.1) is 13.8 Å². The van der Waals surface area contributed by atoms with E-state index in [9.17, 15) is 8.42 Å². The van der Waals surface area contributed by atoms with E-state index in [1.54, 1.807) is 31.7 Å². The Labute approximate surface area is 121 Å². The predicted molar refractivity (Wildman–Crippen MR) is 80.3 cm³/mol. The SMILES string of the molecule is C=CCN(C)S(=O)(=O)c1c(C)nn(CCN(C)C)c1C. The molecule has 20 heavy (non-hydrogen) atoms. The second-order valence-corrected chi connectivity index (χ2v) is 7.08. The van der Waals surface area contributed by atoms with Crippen molar-refractivity contribution in [3.8, 4) is 0 Å². The van der Waals surface area contributed by atoms with Crippen LogP contribution in [0.15, 0.2) is 17.6 Å². The van der Waals surface area contributed by atoms with Crippen LogP contribution in [0.3, 0.4) is 0 Å². The van der Waals surface area contributed by atoms with E-state index in [1.807, 2.05) is 19.0 Å². The molecule has 1 aromatic rings. The predicted octanol–water partition coefficient (Wildman–Crippen LogP) is 0.868. The molecule has 0 radical (unpaired) electrons. The first-order valence-electron chi connectivity index (χ1n) is 6.47. The molecule has 0 aliphatic heterocycles. The number of sulfonamides is 1. The normalized spacial score (nSPS) is 12.3. The summed E-state index contributed by atoms with van der Waals surface area (Å²) in [6, 6.07) is 0. The number of hydrogen-bond acceptors (Lipinski definition) is 4. The maximum absolute atomic E-state index is 12.5. The van der Waals surface area contributed by atoms with E-state index in [0.29, 0.717) is 22.8 Å². The molecule has 0 N–H and O–H groups in total. The van der Waals surface area contributed by atoms with Crippen molar-refractivity contribution in [1.82, 2.24) is 19.0 Å². The monoisotopic (exact) mass is 300 g/mol. The van der Waals surface area contributed by atoms with Crippen LogP contribution in [0.1, 0.15) is 11.4 Å². The molecule has 0 aliphatic carbocycles. The third-order valence-corrected chi connectivity index (χ3v) is 5.21. The molecule has 1 rings (SSSR count). The fourth-order valence-corrected chi connectivity index (χ4v) is 3.51. The molecule has 1 aromatic heterocycles. The van der Waals surface area contributed by atoms with E-state index >= 15 is 0 Å². The van der Waals surface area contributed by atoms with Crippen molar-refractivity contribution in [2.45, 2.75) is 25.3 Å². The summed E-state index contributed by atoms with van der Waals surface area (Å²) in [4.78, 5) is 2.34. The number of rotatable bonds is 7. The average Bonchev–Trinajstić information content (AvgIpc) is 2.62. The minimum atomic E-state index is -3.52. The van der Waals surface area contributed by atoms with E-state index in [0.717, 1.165) is 6.54 Å². The summed E-state index contributed by atoms with van der Waals surface area (Å²) in [7, 11) is 1.98. The Balaban J connectivity index is 3.16.